The maximum Gasteiger partial charge on any atom is 0.239 e. The largest absolute Gasteiger partial charge is 0.497 e. The Hall–Kier alpha value is -1.80. The van der Waals surface area contributed by atoms with Crippen LogP contribution in [-0.4, -0.2) is 54.8 Å². The van der Waals surface area contributed by atoms with Gasteiger partial charge in [-0.3, -0.25) is 9.69 Å². The highest BCUT2D eigenvalue weighted by molar-refractivity contribution is 8.00. The van der Waals surface area contributed by atoms with Crippen LogP contribution in [0.2, 0.25) is 5.02 Å². The van der Waals surface area contributed by atoms with E-state index in [0.29, 0.717) is 17.3 Å². The smallest absolute Gasteiger partial charge is 0.239 e. The Balaban J connectivity index is 1.77. The number of hydrogen-bond donors (Lipinski definition) is 0. The van der Waals surface area contributed by atoms with Crippen LogP contribution in [0.4, 0.5) is 5.13 Å². The van der Waals surface area contributed by atoms with Gasteiger partial charge in [0, 0.05) is 23.0 Å². The molecular formula is C22H26ClN3O2S2. The molecule has 1 heterocycles. The lowest BCUT2D eigenvalue weighted by atomic mass is 10.3. The maximum absolute atomic E-state index is 13.2. The number of carbonyl (C=O) groups is 1. The number of aromatic nitrogens is 1. The van der Waals surface area contributed by atoms with Crippen LogP contribution in [0.25, 0.3) is 10.2 Å². The highest BCUT2D eigenvalue weighted by Gasteiger charge is 2.20. The second-order valence-corrected chi connectivity index (χ2v) is 9.14. The van der Waals surface area contributed by atoms with Gasteiger partial charge in [0.2, 0.25) is 5.91 Å². The van der Waals surface area contributed by atoms with Crippen molar-refractivity contribution in [3.8, 4) is 5.75 Å². The lowest BCUT2D eigenvalue weighted by Gasteiger charge is -2.24. The number of hydrogen-bond acceptors (Lipinski definition) is 6. The molecule has 0 atom stereocenters. The van der Waals surface area contributed by atoms with Gasteiger partial charge < -0.3 is 9.64 Å². The minimum atomic E-state index is 0.0492. The van der Waals surface area contributed by atoms with E-state index in [-0.39, 0.29) is 5.91 Å². The molecule has 3 rings (SSSR count). The molecular weight excluding hydrogens is 438 g/mol. The molecule has 0 spiro atoms. The Bertz CT molecular complexity index is 974. The summed E-state index contributed by atoms with van der Waals surface area (Å²) in [5.74, 6) is 1.20. The first-order chi connectivity index (χ1) is 14.5. The van der Waals surface area contributed by atoms with Crippen molar-refractivity contribution in [3.05, 3.63) is 47.5 Å². The molecule has 8 heteroatoms. The van der Waals surface area contributed by atoms with E-state index in [0.717, 1.165) is 45.6 Å². The van der Waals surface area contributed by atoms with Crippen LogP contribution in [0.15, 0.2) is 47.4 Å². The number of thioether (sulfide) groups is 1. The molecule has 0 saturated carbocycles. The SMILES string of the molecule is CCN(CC)CCN(C(=O)CSc1ccc(OC)cc1)c1nc2ccc(Cl)cc2s1. The first-order valence-electron chi connectivity index (χ1n) is 9.89. The summed E-state index contributed by atoms with van der Waals surface area (Å²) < 4.78 is 6.19. The fourth-order valence-electron chi connectivity index (χ4n) is 3.00. The summed E-state index contributed by atoms with van der Waals surface area (Å²) in [6.07, 6.45) is 0. The Morgan fingerprint density at radius 1 is 1.13 bits per heavy atom. The van der Waals surface area contributed by atoms with Crippen LogP contribution >= 0.6 is 34.7 Å². The number of nitrogens with zero attached hydrogens (tertiary/aromatic N) is 3. The standard InChI is InChI=1S/C22H26ClN3O2S2/c1-4-25(5-2)12-13-26(22-24-19-11-6-16(23)14-20(19)30-22)21(27)15-29-18-9-7-17(28-3)8-10-18/h6-11,14H,4-5,12-13,15H2,1-3H3. The number of rotatable bonds is 10. The van der Waals surface area contributed by atoms with Gasteiger partial charge in [0.1, 0.15) is 5.75 Å². The van der Waals surface area contributed by atoms with Crippen molar-refractivity contribution < 1.29 is 9.53 Å². The number of ether oxygens (including phenoxy) is 1. The Labute approximate surface area is 191 Å². The maximum atomic E-state index is 13.2. The molecule has 0 fully saturated rings. The zero-order valence-corrected chi connectivity index (χ0v) is 19.8. The van der Waals surface area contributed by atoms with Crippen LogP contribution < -0.4 is 9.64 Å². The van der Waals surface area contributed by atoms with Crippen molar-refractivity contribution in [3.63, 3.8) is 0 Å². The van der Waals surface area contributed by atoms with Gasteiger partial charge in [0.05, 0.1) is 23.1 Å². The molecule has 0 aliphatic rings. The van der Waals surface area contributed by atoms with Crippen LogP contribution in [0.3, 0.4) is 0 Å². The van der Waals surface area contributed by atoms with E-state index in [4.69, 9.17) is 21.3 Å². The summed E-state index contributed by atoms with van der Waals surface area (Å²) in [4.78, 5) is 23.0. The second kappa shape index (κ2) is 11.0. The van der Waals surface area contributed by atoms with Crippen LogP contribution in [0, 0.1) is 0 Å². The van der Waals surface area contributed by atoms with Crippen molar-refractivity contribution in [2.45, 2.75) is 18.7 Å². The molecule has 30 heavy (non-hydrogen) atoms. The highest BCUT2D eigenvalue weighted by atomic mass is 35.5. The molecule has 2 aromatic carbocycles. The van der Waals surface area contributed by atoms with E-state index in [1.807, 2.05) is 47.4 Å². The van der Waals surface area contributed by atoms with Gasteiger partial charge in [-0.1, -0.05) is 36.8 Å². The lowest BCUT2D eigenvalue weighted by Crippen LogP contribution is -2.39. The van der Waals surface area contributed by atoms with Gasteiger partial charge in [-0.15, -0.1) is 11.8 Å². The quantitative estimate of drug-likeness (QED) is 0.375. The van der Waals surface area contributed by atoms with E-state index in [1.165, 1.54) is 23.1 Å². The normalized spacial score (nSPS) is 11.2. The summed E-state index contributed by atoms with van der Waals surface area (Å²) in [5.41, 5.74) is 0.864. The van der Waals surface area contributed by atoms with Crippen LogP contribution in [0.1, 0.15) is 13.8 Å². The lowest BCUT2D eigenvalue weighted by molar-refractivity contribution is -0.116. The van der Waals surface area contributed by atoms with E-state index in [1.54, 1.807) is 7.11 Å². The molecule has 0 aliphatic heterocycles. The highest BCUT2D eigenvalue weighted by Crippen LogP contribution is 2.31. The number of methoxy groups -OCH3 is 1. The third-order valence-corrected chi connectivity index (χ3v) is 7.10. The number of fused-ring (bicyclic) bond motifs is 1. The fraction of sp³-hybridized carbons (Fsp3) is 0.364. The molecule has 0 saturated heterocycles. The third kappa shape index (κ3) is 5.88. The molecule has 0 radical (unpaired) electrons. The first kappa shape index (κ1) is 22.9. The van der Waals surface area contributed by atoms with Gasteiger partial charge in [0.15, 0.2) is 5.13 Å². The number of likely N-dealkylation sites (N-methyl/N-ethyl adjacent to an activating group) is 1. The van der Waals surface area contributed by atoms with E-state index in [9.17, 15) is 4.79 Å². The number of halogens is 1. The summed E-state index contributed by atoms with van der Waals surface area (Å²) in [6, 6.07) is 13.4. The minimum Gasteiger partial charge on any atom is -0.497 e. The van der Waals surface area contributed by atoms with Crippen molar-refractivity contribution in [1.82, 2.24) is 9.88 Å². The number of carbonyl (C=O) groups excluding carboxylic acids is 1. The molecule has 0 N–H and O–H groups in total. The van der Waals surface area contributed by atoms with Gasteiger partial charge >= 0.3 is 0 Å². The number of anilines is 1. The van der Waals surface area contributed by atoms with Gasteiger partial charge in [0.25, 0.3) is 0 Å². The van der Waals surface area contributed by atoms with Gasteiger partial charge in [-0.05, 0) is 55.6 Å². The van der Waals surface area contributed by atoms with Crippen molar-refractivity contribution in [1.29, 1.82) is 0 Å². The molecule has 0 bridgehead atoms. The number of thiazole rings is 1. The Morgan fingerprint density at radius 2 is 1.87 bits per heavy atom. The van der Waals surface area contributed by atoms with Crippen molar-refractivity contribution in [2.24, 2.45) is 0 Å². The Kier molecular flexibility index (Phi) is 8.39. The molecule has 0 aliphatic carbocycles. The summed E-state index contributed by atoms with van der Waals surface area (Å²) in [7, 11) is 1.64. The van der Waals surface area contributed by atoms with Crippen LogP contribution in [-0.2, 0) is 4.79 Å². The Morgan fingerprint density at radius 3 is 2.53 bits per heavy atom. The fourth-order valence-corrected chi connectivity index (χ4v) is 5.06. The average molecular weight is 464 g/mol. The zero-order valence-electron chi connectivity index (χ0n) is 17.4. The van der Waals surface area contributed by atoms with Gasteiger partial charge in [-0.2, -0.15) is 0 Å². The number of benzene rings is 2. The topological polar surface area (TPSA) is 45.7 Å². The van der Waals surface area contributed by atoms with Crippen molar-refractivity contribution in [2.75, 3.05) is 43.9 Å². The summed E-state index contributed by atoms with van der Waals surface area (Å²) in [6.45, 7) is 7.59. The van der Waals surface area contributed by atoms with E-state index >= 15 is 0 Å². The molecule has 1 aromatic heterocycles. The second-order valence-electron chi connectivity index (χ2n) is 6.64. The predicted octanol–water partition coefficient (Wildman–Crippen LogP) is 5.43. The monoisotopic (exact) mass is 463 g/mol. The predicted molar refractivity (Wildman–Crippen MR) is 128 cm³/mol. The molecule has 1 amide bonds. The summed E-state index contributed by atoms with van der Waals surface area (Å²) >= 11 is 9.16. The number of amides is 1. The minimum absolute atomic E-state index is 0.0492. The van der Waals surface area contributed by atoms with Crippen molar-refractivity contribution >= 4 is 56.0 Å². The third-order valence-electron chi connectivity index (χ3n) is 4.83. The first-order valence-corrected chi connectivity index (χ1v) is 12.1. The van der Waals surface area contributed by atoms with Gasteiger partial charge in [-0.25, -0.2) is 4.98 Å². The zero-order chi connectivity index (χ0) is 21.5. The average Bonchev–Trinajstić information content (AvgIpc) is 3.18. The van der Waals surface area contributed by atoms with E-state index < -0.39 is 0 Å². The molecule has 0 unspecified atom stereocenters. The molecule has 160 valence electrons. The van der Waals surface area contributed by atoms with Crippen LogP contribution in [0.5, 0.6) is 5.75 Å². The van der Waals surface area contributed by atoms with E-state index in [2.05, 4.69) is 18.7 Å². The molecule has 3 aromatic rings. The molecule has 5 nitrogen and oxygen atoms in total. The summed E-state index contributed by atoms with van der Waals surface area (Å²) in [5, 5.41) is 1.40.